The third-order valence-electron chi connectivity index (χ3n) is 2.93. The van der Waals surface area contributed by atoms with E-state index in [0.717, 1.165) is 20.3 Å². The summed E-state index contributed by atoms with van der Waals surface area (Å²) in [6.45, 7) is 0. The summed E-state index contributed by atoms with van der Waals surface area (Å²) in [5.41, 5.74) is 0.853. The molecule has 2 aromatic rings. The van der Waals surface area contributed by atoms with Crippen molar-refractivity contribution in [2.24, 2.45) is 4.99 Å². The van der Waals surface area contributed by atoms with Crippen molar-refractivity contribution in [3.8, 4) is 5.75 Å². The lowest BCUT2D eigenvalue weighted by Crippen LogP contribution is -2.16. The van der Waals surface area contributed by atoms with Crippen molar-refractivity contribution in [3.05, 3.63) is 41.4 Å². The zero-order chi connectivity index (χ0) is 15.5. The second-order valence-electron chi connectivity index (χ2n) is 4.55. The van der Waals surface area contributed by atoms with E-state index in [0.29, 0.717) is 5.75 Å². The summed E-state index contributed by atoms with van der Waals surface area (Å²) in [5.74, 6) is -0.167. The van der Waals surface area contributed by atoms with Gasteiger partial charge in [0.25, 0.3) is 0 Å². The molecule has 3 rings (SSSR count). The normalized spacial score (nSPS) is 18.5. The van der Waals surface area contributed by atoms with Crippen LogP contribution in [0.4, 0.5) is 0 Å². The fraction of sp³-hybridized carbons (Fsp3) is 0.133. The number of phenols is 1. The minimum atomic E-state index is -0.885. The van der Waals surface area contributed by atoms with Crippen molar-refractivity contribution in [1.29, 1.82) is 0 Å². The molecule has 0 spiro atoms. The zero-order valence-electron chi connectivity index (χ0n) is 11.3. The summed E-state index contributed by atoms with van der Waals surface area (Å²) in [6.07, 6.45) is 7.32. The molecule has 0 bridgehead atoms. The number of aliphatic imine (C=N–C) groups is 1. The molecule has 0 aliphatic carbocycles. The Labute approximate surface area is 134 Å². The summed E-state index contributed by atoms with van der Waals surface area (Å²) in [6, 6.07) is 4.45. The largest absolute Gasteiger partial charge is 0.508 e. The van der Waals surface area contributed by atoms with Gasteiger partial charge in [0, 0.05) is 5.75 Å². The van der Waals surface area contributed by atoms with Gasteiger partial charge in [0.2, 0.25) is 0 Å². The lowest BCUT2D eigenvalue weighted by Gasteiger charge is -1.93. The summed E-state index contributed by atoms with van der Waals surface area (Å²) in [7, 11) is 0. The minimum Gasteiger partial charge on any atom is -0.508 e. The van der Waals surface area contributed by atoms with Gasteiger partial charge in [-0.05, 0) is 30.4 Å². The van der Waals surface area contributed by atoms with Crippen molar-refractivity contribution in [1.82, 2.24) is 4.98 Å². The Bertz CT molecular complexity index is 808. The van der Waals surface area contributed by atoms with Crippen LogP contribution in [-0.4, -0.2) is 38.0 Å². The number of aromatic nitrogens is 1. The van der Waals surface area contributed by atoms with E-state index in [2.05, 4.69) is 9.98 Å². The van der Waals surface area contributed by atoms with E-state index < -0.39 is 12.0 Å². The van der Waals surface area contributed by atoms with E-state index in [-0.39, 0.29) is 5.75 Å². The molecule has 0 radical (unpaired) electrons. The van der Waals surface area contributed by atoms with E-state index in [4.69, 9.17) is 5.11 Å². The molecular weight excluding hydrogens is 320 g/mol. The second-order valence-corrected chi connectivity index (χ2v) is 6.66. The van der Waals surface area contributed by atoms with Gasteiger partial charge in [-0.15, -0.1) is 23.1 Å². The summed E-state index contributed by atoms with van der Waals surface area (Å²) >= 11 is 2.93. The van der Waals surface area contributed by atoms with Gasteiger partial charge in [-0.2, -0.15) is 0 Å². The van der Waals surface area contributed by atoms with E-state index >= 15 is 0 Å². The van der Waals surface area contributed by atoms with Crippen molar-refractivity contribution in [2.45, 2.75) is 6.04 Å². The Kier molecular flexibility index (Phi) is 4.26. The fourth-order valence-electron chi connectivity index (χ4n) is 1.89. The van der Waals surface area contributed by atoms with Crippen molar-refractivity contribution in [3.63, 3.8) is 0 Å². The van der Waals surface area contributed by atoms with Gasteiger partial charge in [-0.1, -0.05) is 12.2 Å². The quantitative estimate of drug-likeness (QED) is 0.840. The number of rotatable bonds is 4. The number of hydrogen-bond donors (Lipinski definition) is 2. The molecule has 1 aromatic heterocycles. The van der Waals surface area contributed by atoms with Crippen LogP contribution in [0.15, 0.2) is 41.4 Å². The number of aromatic hydroxyl groups is 1. The molecule has 0 amide bonds. The van der Waals surface area contributed by atoms with E-state index in [9.17, 15) is 9.90 Å². The van der Waals surface area contributed by atoms with Gasteiger partial charge in [0.05, 0.1) is 15.3 Å². The van der Waals surface area contributed by atoms with Gasteiger partial charge in [0.1, 0.15) is 10.8 Å². The number of hydrogen-bond acceptors (Lipinski definition) is 6. The van der Waals surface area contributed by atoms with Gasteiger partial charge >= 0.3 is 5.97 Å². The molecule has 1 unspecified atom stereocenters. The number of phenolic OH excluding ortho intramolecular Hbond substituents is 1. The standard InChI is InChI=1S/C15H12N2O3S2/c18-9-5-6-10-12(7-9)22-14(16-10)4-2-1-3-13-17-11(8-21-13)15(19)20/h1-7,11,18H,8H2,(H,19,20). The average Bonchev–Trinajstić information content (AvgIpc) is 3.09. The lowest BCUT2D eigenvalue weighted by molar-refractivity contribution is -0.137. The molecule has 0 fully saturated rings. The second kappa shape index (κ2) is 6.33. The molecule has 0 saturated heterocycles. The van der Waals surface area contributed by atoms with Crippen molar-refractivity contribution >= 4 is 50.4 Å². The number of carboxylic acid groups (broad SMARTS) is 1. The molecule has 112 valence electrons. The van der Waals surface area contributed by atoms with Crippen LogP contribution in [0.3, 0.4) is 0 Å². The van der Waals surface area contributed by atoms with Crippen molar-refractivity contribution < 1.29 is 15.0 Å². The third-order valence-corrected chi connectivity index (χ3v) is 4.94. The predicted octanol–water partition coefficient (Wildman–Crippen LogP) is 3.17. The number of carbonyl (C=O) groups is 1. The maximum absolute atomic E-state index is 10.8. The highest BCUT2D eigenvalue weighted by molar-refractivity contribution is 8.14. The van der Waals surface area contributed by atoms with Gasteiger partial charge < -0.3 is 10.2 Å². The topological polar surface area (TPSA) is 82.8 Å². The Morgan fingerprint density at radius 3 is 2.91 bits per heavy atom. The number of fused-ring (bicyclic) bond motifs is 1. The average molecular weight is 332 g/mol. The molecule has 2 heterocycles. The van der Waals surface area contributed by atoms with Crippen LogP contribution >= 0.6 is 23.1 Å². The molecule has 5 nitrogen and oxygen atoms in total. The first-order valence-corrected chi connectivity index (χ1v) is 8.30. The van der Waals surface area contributed by atoms with Gasteiger partial charge in [-0.25, -0.2) is 9.78 Å². The summed E-state index contributed by atoms with van der Waals surface area (Å²) in [5, 5.41) is 19.9. The lowest BCUT2D eigenvalue weighted by atomic mass is 10.3. The Morgan fingerprint density at radius 2 is 2.14 bits per heavy atom. The molecule has 1 aliphatic heterocycles. The molecule has 22 heavy (non-hydrogen) atoms. The first-order valence-electron chi connectivity index (χ1n) is 6.49. The van der Waals surface area contributed by atoms with E-state index in [1.165, 1.54) is 23.1 Å². The first kappa shape index (κ1) is 14.8. The van der Waals surface area contributed by atoms with E-state index in [1.54, 1.807) is 24.3 Å². The predicted molar refractivity (Wildman–Crippen MR) is 90.8 cm³/mol. The Balaban J connectivity index is 1.67. The van der Waals surface area contributed by atoms with Crippen LogP contribution < -0.4 is 0 Å². The Hall–Kier alpha value is -2.12. The maximum Gasteiger partial charge on any atom is 0.329 e. The number of benzene rings is 1. The smallest absolute Gasteiger partial charge is 0.329 e. The number of allylic oxidation sites excluding steroid dienone is 2. The molecular formula is C15H12N2O3S2. The molecule has 7 heteroatoms. The van der Waals surface area contributed by atoms with Crippen LogP contribution in [0.2, 0.25) is 0 Å². The number of aliphatic carboxylic acids is 1. The Morgan fingerprint density at radius 1 is 1.32 bits per heavy atom. The van der Waals surface area contributed by atoms with Crippen LogP contribution in [0, 0.1) is 0 Å². The van der Waals surface area contributed by atoms with Crippen LogP contribution in [-0.2, 0) is 4.79 Å². The summed E-state index contributed by atoms with van der Waals surface area (Å²) < 4.78 is 0.934. The van der Waals surface area contributed by atoms with Crippen LogP contribution in [0.5, 0.6) is 5.75 Å². The van der Waals surface area contributed by atoms with Crippen LogP contribution in [0.1, 0.15) is 5.01 Å². The fourth-order valence-corrected chi connectivity index (χ4v) is 3.72. The highest BCUT2D eigenvalue weighted by Gasteiger charge is 2.22. The molecule has 1 atom stereocenters. The molecule has 0 saturated carbocycles. The summed E-state index contributed by atoms with van der Waals surface area (Å²) in [4.78, 5) is 19.3. The molecule has 1 aliphatic rings. The monoisotopic (exact) mass is 332 g/mol. The highest BCUT2D eigenvalue weighted by Crippen LogP contribution is 2.26. The van der Waals surface area contributed by atoms with E-state index in [1.807, 2.05) is 18.2 Å². The number of carboxylic acids is 1. The number of thiazole rings is 1. The van der Waals surface area contributed by atoms with Crippen molar-refractivity contribution in [2.75, 3.05) is 5.75 Å². The highest BCUT2D eigenvalue weighted by atomic mass is 32.2. The molecule has 1 aromatic carbocycles. The van der Waals surface area contributed by atoms with Crippen LogP contribution in [0.25, 0.3) is 16.3 Å². The van der Waals surface area contributed by atoms with Gasteiger partial charge in [-0.3, -0.25) is 4.99 Å². The third kappa shape index (κ3) is 3.37. The zero-order valence-corrected chi connectivity index (χ0v) is 13.0. The SMILES string of the molecule is O=C(O)C1CSC(C=CC=Cc2nc3ccc(O)cc3s2)=N1. The maximum atomic E-state index is 10.8. The molecule has 2 N–H and O–H groups in total. The van der Waals surface area contributed by atoms with Gasteiger partial charge in [0.15, 0.2) is 6.04 Å². The first-order chi connectivity index (χ1) is 10.6. The number of nitrogens with zero attached hydrogens (tertiary/aromatic N) is 2. The minimum absolute atomic E-state index is 0.232. The number of thioether (sulfide) groups is 1.